The van der Waals surface area contributed by atoms with Crippen LogP contribution in [-0.4, -0.2) is 45.4 Å². The molecule has 0 aliphatic carbocycles. The number of carboxylic acid groups (broad SMARTS) is 2. The number of carbonyl (C=O) groups is 2. The summed E-state index contributed by atoms with van der Waals surface area (Å²) in [5.41, 5.74) is 0. The maximum Gasteiger partial charge on any atom is 0.304 e. The Labute approximate surface area is 214 Å². The molecule has 5 nitrogen and oxygen atoms in total. The number of aliphatic hydroxyl groups excluding tert-OH is 1. The molecule has 0 fully saturated rings. The molecule has 0 heterocycles. The standard InChI is InChI=1S/C22H46O.C6H10O4S/c1-2-3-4-5-6-7-8-9-10-11-12-13-14-15-16-17-18-19-20-21-22-23;7-5(8)1-3-11-4-2-6(9)10/h23H,2-22H2,1H3;1-4H2,(H,7,8)(H,9,10). The summed E-state index contributed by atoms with van der Waals surface area (Å²) in [5, 5.41) is 25.1. The van der Waals surface area contributed by atoms with Gasteiger partial charge in [-0.15, -0.1) is 0 Å². The van der Waals surface area contributed by atoms with E-state index in [9.17, 15) is 9.59 Å². The SMILES string of the molecule is CCCCCCCCCCCCCCCCCCCCCCO.O=C(O)CCSCCC(=O)O. The second-order valence-electron chi connectivity index (χ2n) is 9.34. The predicted octanol–water partition coefficient (Wildman–Crippen LogP) is 8.47. The molecule has 204 valence electrons. The summed E-state index contributed by atoms with van der Waals surface area (Å²) in [4.78, 5) is 19.9. The minimum atomic E-state index is -0.840. The van der Waals surface area contributed by atoms with E-state index in [1.807, 2.05) is 0 Å². The molecular weight excluding hydrogens is 448 g/mol. The quantitative estimate of drug-likeness (QED) is 0.102. The Morgan fingerprint density at radius 1 is 0.500 bits per heavy atom. The van der Waals surface area contributed by atoms with Gasteiger partial charge in [0.2, 0.25) is 0 Å². The van der Waals surface area contributed by atoms with Gasteiger partial charge in [0.1, 0.15) is 0 Å². The molecule has 0 atom stereocenters. The van der Waals surface area contributed by atoms with Crippen molar-refractivity contribution in [1.82, 2.24) is 0 Å². The fourth-order valence-electron chi connectivity index (χ4n) is 3.79. The molecule has 0 aromatic rings. The van der Waals surface area contributed by atoms with Crippen LogP contribution in [0.4, 0.5) is 0 Å². The van der Waals surface area contributed by atoms with E-state index in [0.29, 0.717) is 18.1 Å². The first kappa shape index (κ1) is 35.4. The number of carboxylic acids is 2. The molecule has 0 saturated carbocycles. The summed E-state index contributed by atoms with van der Waals surface area (Å²) in [6, 6.07) is 0. The van der Waals surface area contributed by atoms with Gasteiger partial charge in [-0.2, -0.15) is 11.8 Å². The second kappa shape index (κ2) is 32.2. The van der Waals surface area contributed by atoms with Gasteiger partial charge in [0.15, 0.2) is 0 Å². The Morgan fingerprint density at radius 3 is 1.00 bits per heavy atom. The Balaban J connectivity index is 0. The average Bonchev–Trinajstić information content (AvgIpc) is 2.80. The zero-order valence-corrected chi connectivity index (χ0v) is 23.1. The third-order valence-electron chi connectivity index (χ3n) is 5.93. The Hall–Kier alpha value is -0.750. The second-order valence-corrected chi connectivity index (χ2v) is 10.6. The van der Waals surface area contributed by atoms with Crippen molar-refractivity contribution in [3.63, 3.8) is 0 Å². The summed E-state index contributed by atoms with van der Waals surface area (Å²) in [7, 11) is 0. The molecule has 0 unspecified atom stereocenters. The lowest BCUT2D eigenvalue weighted by Crippen LogP contribution is -1.99. The Bertz CT molecular complexity index is 382. The fraction of sp³-hybridized carbons (Fsp3) is 0.929. The van der Waals surface area contributed by atoms with E-state index in [2.05, 4.69) is 6.92 Å². The van der Waals surface area contributed by atoms with E-state index < -0.39 is 11.9 Å². The van der Waals surface area contributed by atoms with E-state index in [4.69, 9.17) is 15.3 Å². The Kier molecular flexibility index (Phi) is 33.6. The van der Waals surface area contributed by atoms with Crippen molar-refractivity contribution in [2.24, 2.45) is 0 Å². The lowest BCUT2D eigenvalue weighted by atomic mass is 10.0. The number of hydrogen-bond donors (Lipinski definition) is 3. The van der Waals surface area contributed by atoms with E-state index in [-0.39, 0.29) is 12.8 Å². The van der Waals surface area contributed by atoms with Gasteiger partial charge in [0, 0.05) is 18.1 Å². The van der Waals surface area contributed by atoms with Crippen molar-refractivity contribution >= 4 is 23.7 Å². The predicted molar refractivity (Wildman–Crippen MR) is 147 cm³/mol. The largest absolute Gasteiger partial charge is 0.481 e. The van der Waals surface area contributed by atoms with Crippen molar-refractivity contribution in [3.05, 3.63) is 0 Å². The highest BCUT2D eigenvalue weighted by Gasteiger charge is 1.99. The highest BCUT2D eigenvalue weighted by atomic mass is 32.2. The van der Waals surface area contributed by atoms with Crippen LogP contribution in [0.25, 0.3) is 0 Å². The minimum Gasteiger partial charge on any atom is -0.481 e. The first-order chi connectivity index (χ1) is 16.5. The summed E-state index contributed by atoms with van der Waals surface area (Å²) in [6.07, 6.45) is 28.3. The zero-order valence-electron chi connectivity index (χ0n) is 22.2. The van der Waals surface area contributed by atoms with Crippen molar-refractivity contribution in [1.29, 1.82) is 0 Å². The molecule has 3 N–H and O–H groups in total. The van der Waals surface area contributed by atoms with Gasteiger partial charge in [-0.3, -0.25) is 9.59 Å². The number of aliphatic hydroxyl groups is 1. The van der Waals surface area contributed by atoms with E-state index in [0.717, 1.165) is 6.42 Å². The fourth-order valence-corrected chi connectivity index (χ4v) is 4.63. The van der Waals surface area contributed by atoms with E-state index in [1.54, 1.807) is 0 Å². The smallest absolute Gasteiger partial charge is 0.304 e. The highest BCUT2D eigenvalue weighted by Crippen LogP contribution is 2.14. The molecule has 6 heteroatoms. The molecule has 0 saturated heterocycles. The van der Waals surface area contributed by atoms with Crippen LogP contribution < -0.4 is 0 Å². The van der Waals surface area contributed by atoms with Crippen LogP contribution in [0.15, 0.2) is 0 Å². The summed E-state index contributed by atoms with van der Waals surface area (Å²) < 4.78 is 0. The number of rotatable bonds is 26. The molecule has 0 aliphatic rings. The summed E-state index contributed by atoms with van der Waals surface area (Å²) in [6.45, 7) is 2.67. The van der Waals surface area contributed by atoms with Crippen molar-refractivity contribution < 1.29 is 24.9 Å². The van der Waals surface area contributed by atoms with Crippen LogP contribution in [0.1, 0.15) is 148 Å². The topological polar surface area (TPSA) is 94.8 Å². The van der Waals surface area contributed by atoms with Gasteiger partial charge in [-0.1, -0.05) is 129 Å². The third kappa shape index (κ3) is 38.5. The summed E-state index contributed by atoms with van der Waals surface area (Å²) in [5.74, 6) is -0.703. The number of unbranched alkanes of at least 4 members (excludes halogenated alkanes) is 19. The van der Waals surface area contributed by atoms with E-state index >= 15 is 0 Å². The lowest BCUT2D eigenvalue weighted by Gasteiger charge is -2.03. The molecule has 0 aromatic carbocycles. The van der Waals surface area contributed by atoms with Crippen molar-refractivity contribution in [3.8, 4) is 0 Å². The van der Waals surface area contributed by atoms with Gasteiger partial charge in [0.05, 0.1) is 12.8 Å². The highest BCUT2D eigenvalue weighted by molar-refractivity contribution is 7.99. The van der Waals surface area contributed by atoms with Gasteiger partial charge >= 0.3 is 11.9 Å². The molecule has 0 radical (unpaired) electrons. The number of hydrogen-bond acceptors (Lipinski definition) is 4. The molecular formula is C28H56O5S. The van der Waals surface area contributed by atoms with Crippen LogP contribution in [0, 0.1) is 0 Å². The molecule has 0 bridgehead atoms. The van der Waals surface area contributed by atoms with Gasteiger partial charge in [-0.05, 0) is 6.42 Å². The summed E-state index contributed by atoms with van der Waals surface area (Å²) >= 11 is 1.35. The first-order valence-corrected chi connectivity index (χ1v) is 15.3. The van der Waals surface area contributed by atoms with Crippen molar-refractivity contribution in [2.75, 3.05) is 18.1 Å². The molecule has 0 amide bonds. The number of aliphatic carboxylic acids is 2. The normalized spacial score (nSPS) is 10.6. The molecule has 0 aliphatic heterocycles. The van der Waals surface area contributed by atoms with Crippen LogP contribution in [-0.2, 0) is 9.59 Å². The maximum atomic E-state index is 9.97. The zero-order chi connectivity index (χ0) is 25.5. The molecule has 0 spiro atoms. The third-order valence-corrected chi connectivity index (χ3v) is 6.92. The van der Waals surface area contributed by atoms with Gasteiger partial charge < -0.3 is 15.3 Å². The molecule has 0 aromatic heterocycles. The van der Waals surface area contributed by atoms with Crippen LogP contribution >= 0.6 is 11.8 Å². The van der Waals surface area contributed by atoms with Gasteiger partial charge in [-0.25, -0.2) is 0 Å². The molecule has 0 rings (SSSR count). The van der Waals surface area contributed by atoms with Crippen LogP contribution in [0.2, 0.25) is 0 Å². The Morgan fingerprint density at radius 2 is 0.765 bits per heavy atom. The van der Waals surface area contributed by atoms with Crippen LogP contribution in [0.5, 0.6) is 0 Å². The van der Waals surface area contributed by atoms with Gasteiger partial charge in [0.25, 0.3) is 0 Å². The maximum absolute atomic E-state index is 9.97. The average molecular weight is 505 g/mol. The first-order valence-electron chi connectivity index (χ1n) is 14.2. The minimum absolute atomic E-state index is 0.101. The lowest BCUT2D eigenvalue weighted by molar-refractivity contribution is -0.137. The van der Waals surface area contributed by atoms with Crippen LogP contribution in [0.3, 0.4) is 0 Å². The molecule has 34 heavy (non-hydrogen) atoms. The van der Waals surface area contributed by atoms with E-state index in [1.165, 1.54) is 134 Å². The number of thioether (sulfide) groups is 1. The van der Waals surface area contributed by atoms with Crippen molar-refractivity contribution in [2.45, 2.75) is 148 Å². The monoisotopic (exact) mass is 504 g/mol.